The molecular weight excluding hydrogens is 228 g/mol. The highest BCUT2D eigenvalue weighted by atomic mass is 16.5. The average molecular weight is 256 g/mol. The SMILES string of the molecule is CC1(C)CN(CC(N)C2CCOC2)CC(C)(C)O1. The summed E-state index contributed by atoms with van der Waals surface area (Å²) in [6.45, 7) is 13.2. The fraction of sp³-hybridized carbons (Fsp3) is 1.00. The molecule has 2 aliphatic heterocycles. The smallest absolute Gasteiger partial charge is 0.0760 e. The Balaban J connectivity index is 1.91. The maximum absolute atomic E-state index is 6.32. The molecule has 0 radical (unpaired) electrons. The Morgan fingerprint density at radius 3 is 2.33 bits per heavy atom. The van der Waals surface area contributed by atoms with Gasteiger partial charge in [-0.2, -0.15) is 0 Å². The molecule has 18 heavy (non-hydrogen) atoms. The molecule has 0 aromatic rings. The summed E-state index contributed by atoms with van der Waals surface area (Å²) in [4.78, 5) is 2.45. The predicted molar refractivity (Wildman–Crippen MR) is 72.6 cm³/mol. The molecule has 106 valence electrons. The van der Waals surface area contributed by atoms with Crippen LogP contribution in [-0.4, -0.2) is 55.0 Å². The van der Waals surface area contributed by atoms with E-state index >= 15 is 0 Å². The van der Waals surface area contributed by atoms with Crippen LogP contribution in [0.5, 0.6) is 0 Å². The van der Waals surface area contributed by atoms with E-state index in [1.54, 1.807) is 0 Å². The Bertz CT molecular complexity index is 270. The third-order valence-corrected chi connectivity index (χ3v) is 3.80. The minimum Gasteiger partial charge on any atom is -0.381 e. The van der Waals surface area contributed by atoms with Gasteiger partial charge in [-0.25, -0.2) is 0 Å². The number of hydrogen-bond acceptors (Lipinski definition) is 4. The number of rotatable bonds is 3. The Labute approximate surface area is 111 Å². The van der Waals surface area contributed by atoms with Crippen molar-refractivity contribution in [3.8, 4) is 0 Å². The quantitative estimate of drug-likeness (QED) is 0.825. The zero-order valence-electron chi connectivity index (χ0n) is 12.2. The maximum atomic E-state index is 6.32. The summed E-state index contributed by atoms with van der Waals surface area (Å²) in [5, 5.41) is 0. The molecule has 0 aromatic heterocycles. The zero-order chi connectivity index (χ0) is 13.4. The van der Waals surface area contributed by atoms with Gasteiger partial charge in [0.2, 0.25) is 0 Å². The van der Waals surface area contributed by atoms with Crippen molar-refractivity contribution in [2.24, 2.45) is 11.7 Å². The van der Waals surface area contributed by atoms with Crippen LogP contribution in [0, 0.1) is 5.92 Å². The van der Waals surface area contributed by atoms with E-state index in [1.807, 2.05) is 0 Å². The monoisotopic (exact) mass is 256 g/mol. The third-order valence-electron chi connectivity index (χ3n) is 3.80. The minimum absolute atomic E-state index is 0.0896. The standard InChI is InChI=1S/C14H28N2O2/c1-13(2)9-16(10-14(3,4)18-13)7-12(15)11-5-6-17-8-11/h11-12H,5-10,15H2,1-4H3. The van der Waals surface area contributed by atoms with Crippen molar-refractivity contribution in [2.75, 3.05) is 32.8 Å². The Morgan fingerprint density at radius 1 is 1.22 bits per heavy atom. The van der Waals surface area contributed by atoms with Crippen LogP contribution in [0.2, 0.25) is 0 Å². The van der Waals surface area contributed by atoms with Crippen LogP contribution in [0.4, 0.5) is 0 Å². The second kappa shape index (κ2) is 5.08. The van der Waals surface area contributed by atoms with Crippen LogP contribution >= 0.6 is 0 Å². The first-order chi connectivity index (χ1) is 8.27. The first kappa shape index (κ1) is 14.3. The van der Waals surface area contributed by atoms with Crippen molar-refractivity contribution in [3.63, 3.8) is 0 Å². The van der Waals surface area contributed by atoms with Crippen LogP contribution in [0.25, 0.3) is 0 Å². The lowest BCUT2D eigenvalue weighted by Crippen LogP contribution is -2.59. The average Bonchev–Trinajstić information content (AvgIpc) is 2.63. The van der Waals surface area contributed by atoms with Gasteiger partial charge < -0.3 is 15.2 Å². The second-order valence-corrected chi connectivity index (χ2v) is 7.08. The lowest BCUT2D eigenvalue weighted by Gasteiger charge is -2.48. The van der Waals surface area contributed by atoms with E-state index in [2.05, 4.69) is 32.6 Å². The van der Waals surface area contributed by atoms with Gasteiger partial charge in [0.1, 0.15) is 0 Å². The maximum Gasteiger partial charge on any atom is 0.0760 e. The number of ether oxygens (including phenoxy) is 2. The van der Waals surface area contributed by atoms with Crippen molar-refractivity contribution in [1.29, 1.82) is 0 Å². The number of morpholine rings is 1. The predicted octanol–water partition coefficient (Wildman–Crippen LogP) is 1.24. The summed E-state index contributed by atoms with van der Waals surface area (Å²) in [6, 6.07) is 0.220. The van der Waals surface area contributed by atoms with E-state index in [1.165, 1.54) is 0 Å². The number of hydrogen-bond donors (Lipinski definition) is 1. The summed E-state index contributed by atoms with van der Waals surface area (Å²) >= 11 is 0. The highest BCUT2D eigenvalue weighted by Gasteiger charge is 2.39. The van der Waals surface area contributed by atoms with Crippen LogP contribution in [0.3, 0.4) is 0 Å². The minimum atomic E-state index is -0.0896. The van der Waals surface area contributed by atoms with E-state index in [0.717, 1.165) is 39.3 Å². The molecule has 2 unspecified atom stereocenters. The van der Waals surface area contributed by atoms with Crippen molar-refractivity contribution in [2.45, 2.75) is 51.4 Å². The fourth-order valence-corrected chi connectivity index (χ4v) is 3.41. The summed E-state index contributed by atoms with van der Waals surface area (Å²) in [5.41, 5.74) is 6.15. The molecule has 2 aliphatic rings. The van der Waals surface area contributed by atoms with Gasteiger partial charge in [0, 0.05) is 38.2 Å². The van der Waals surface area contributed by atoms with Crippen LogP contribution in [0.15, 0.2) is 0 Å². The van der Waals surface area contributed by atoms with Gasteiger partial charge in [0.05, 0.1) is 17.8 Å². The number of nitrogens with zero attached hydrogens (tertiary/aromatic N) is 1. The molecule has 0 aromatic carbocycles. The molecule has 0 amide bonds. The van der Waals surface area contributed by atoms with E-state index in [-0.39, 0.29) is 17.2 Å². The summed E-state index contributed by atoms with van der Waals surface area (Å²) in [7, 11) is 0. The first-order valence-electron chi connectivity index (χ1n) is 7.03. The molecule has 0 bridgehead atoms. The fourth-order valence-electron chi connectivity index (χ4n) is 3.41. The lowest BCUT2D eigenvalue weighted by atomic mass is 9.95. The van der Waals surface area contributed by atoms with Gasteiger partial charge in [-0.3, -0.25) is 4.90 Å². The molecule has 4 nitrogen and oxygen atoms in total. The highest BCUT2D eigenvalue weighted by Crippen LogP contribution is 2.28. The van der Waals surface area contributed by atoms with Gasteiger partial charge in [0.15, 0.2) is 0 Å². The lowest BCUT2D eigenvalue weighted by molar-refractivity contribution is -0.181. The van der Waals surface area contributed by atoms with E-state index in [4.69, 9.17) is 15.2 Å². The molecule has 0 saturated carbocycles. The topological polar surface area (TPSA) is 47.7 Å². The molecule has 2 saturated heterocycles. The van der Waals surface area contributed by atoms with Crippen molar-refractivity contribution < 1.29 is 9.47 Å². The van der Waals surface area contributed by atoms with Crippen molar-refractivity contribution in [3.05, 3.63) is 0 Å². The summed E-state index contributed by atoms with van der Waals surface area (Å²) in [5.74, 6) is 0.527. The molecule has 2 fully saturated rings. The van der Waals surface area contributed by atoms with Crippen LogP contribution in [0.1, 0.15) is 34.1 Å². The molecule has 0 aliphatic carbocycles. The van der Waals surface area contributed by atoms with Gasteiger partial charge >= 0.3 is 0 Å². The van der Waals surface area contributed by atoms with Gasteiger partial charge in [-0.15, -0.1) is 0 Å². The van der Waals surface area contributed by atoms with Gasteiger partial charge in [0.25, 0.3) is 0 Å². The summed E-state index contributed by atoms with van der Waals surface area (Å²) in [6.07, 6.45) is 1.11. The highest BCUT2D eigenvalue weighted by molar-refractivity contribution is 4.91. The van der Waals surface area contributed by atoms with Crippen molar-refractivity contribution in [1.82, 2.24) is 4.90 Å². The molecule has 2 atom stereocenters. The molecular formula is C14H28N2O2. The Kier molecular flexibility index (Phi) is 4.02. The Morgan fingerprint density at radius 2 is 1.83 bits per heavy atom. The molecule has 2 N–H and O–H groups in total. The number of nitrogens with two attached hydrogens (primary N) is 1. The molecule has 2 heterocycles. The van der Waals surface area contributed by atoms with E-state index < -0.39 is 0 Å². The molecule has 2 rings (SSSR count). The zero-order valence-corrected chi connectivity index (χ0v) is 12.2. The van der Waals surface area contributed by atoms with Gasteiger partial charge in [-0.1, -0.05) is 0 Å². The Hall–Kier alpha value is -0.160. The van der Waals surface area contributed by atoms with E-state index in [0.29, 0.717) is 5.92 Å². The first-order valence-corrected chi connectivity index (χ1v) is 7.03. The second-order valence-electron chi connectivity index (χ2n) is 7.08. The van der Waals surface area contributed by atoms with Crippen molar-refractivity contribution >= 4 is 0 Å². The molecule has 4 heteroatoms. The van der Waals surface area contributed by atoms with E-state index in [9.17, 15) is 0 Å². The summed E-state index contributed by atoms with van der Waals surface area (Å²) < 4.78 is 11.5. The van der Waals surface area contributed by atoms with Crippen LogP contribution < -0.4 is 5.73 Å². The van der Waals surface area contributed by atoms with Gasteiger partial charge in [-0.05, 0) is 34.1 Å². The largest absolute Gasteiger partial charge is 0.381 e. The normalized spacial score (nSPS) is 33.5. The third kappa shape index (κ3) is 3.67. The van der Waals surface area contributed by atoms with Crippen LogP contribution in [-0.2, 0) is 9.47 Å². The molecule has 0 spiro atoms.